The van der Waals surface area contributed by atoms with E-state index in [1.54, 1.807) is 24.7 Å². The molecule has 30 heavy (non-hydrogen) atoms. The van der Waals surface area contributed by atoms with Crippen LogP contribution in [0.4, 0.5) is 0 Å². The van der Waals surface area contributed by atoms with Crippen LogP contribution in [0, 0.1) is 0 Å². The summed E-state index contributed by atoms with van der Waals surface area (Å²) >= 11 is 6.13. The zero-order chi connectivity index (χ0) is 20.7. The molecule has 6 nitrogen and oxygen atoms in total. The van der Waals surface area contributed by atoms with Crippen LogP contribution in [0.25, 0.3) is 33.3 Å². The van der Waals surface area contributed by atoms with Crippen LogP contribution >= 0.6 is 11.6 Å². The normalized spacial score (nSPS) is 11.2. The number of hydrogen-bond donors (Lipinski definition) is 1. The summed E-state index contributed by atoms with van der Waals surface area (Å²) in [5.74, 6) is -1.06. The Labute approximate surface area is 176 Å². The molecule has 0 aliphatic heterocycles. The van der Waals surface area contributed by atoms with Crippen molar-refractivity contribution in [3.63, 3.8) is 0 Å². The van der Waals surface area contributed by atoms with Gasteiger partial charge < -0.3 is 9.67 Å². The molecule has 0 atom stereocenters. The molecule has 3 heterocycles. The van der Waals surface area contributed by atoms with Crippen molar-refractivity contribution in [2.24, 2.45) is 0 Å². The van der Waals surface area contributed by atoms with Gasteiger partial charge in [-0.1, -0.05) is 29.8 Å². The number of hydrogen-bond acceptors (Lipinski definition) is 4. The Morgan fingerprint density at radius 2 is 1.87 bits per heavy atom. The number of aromatic nitrogens is 4. The number of benzene rings is 2. The van der Waals surface area contributed by atoms with Crippen LogP contribution in [-0.4, -0.2) is 30.6 Å². The van der Waals surface area contributed by atoms with Crippen molar-refractivity contribution in [1.82, 2.24) is 19.5 Å². The van der Waals surface area contributed by atoms with Gasteiger partial charge in [-0.15, -0.1) is 0 Å². The smallest absolute Gasteiger partial charge is 0.337 e. The lowest BCUT2D eigenvalue weighted by molar-refractivity contribution is 0.0697. The van der Waals surface area contributed by atoms with E-state index in [2.05, 4.69) is 22.1 Å². The summed E-state index contributed by atoms with van der Waals surface area (Å²) in [6.07, 6.45) is 3.56. The predicted octanol–water partition coefficient (Wildman–Crippen LogP) is 5.05. The zero-order valence-electron chi connectivity index (χ0n) is 15.7. The Balaban J connectivity index is 1.52. The van der Waals surface area contributed by atoms with Gasteiger partial charge in [-0.3, -0.25) is 4.98 Å². The molecule has 146 valence electrons. The van der Waals surface area contributed by atoms with E-state index < -0.39 is 5.97 Å². The molecule has 0 saturated carbocycles. The predicted molar refractivity (Wildman–Crippen MR) is 116 cm³/mol. The van der Waals surface area contributed by atoms with Gasteiger partial charge in [-0.2, -0.15) is 0 Å². The van der Waals surface area contributed by atoms with Gasteiger partial charge in [-0.05, 0) is 48.0 Å². The maximum atomic E-state index is 11.2. The molecule has 0 saturated heterocycles. The molecule has 0 amide bonds. The maximum absolute atomic E-state index is 11.2. The third-order valence-electron chi connectivity index (χ3n) is 4.98. The topological polar surface area (TPSA) is 80.9 Å². The number of pyridine rings is 2. The summed E-state index contributed by atoms with van der Waals surface area (Å²) in [4.78, 5) is 24.8. The molecule has 0 fully saturated rings. The lowest BCUT2D eigenvalue weighted by atomic mass is 10.1. The number of nitrogens with zero attached hydrogens (tertiary/aromatic N) is 4. The molecule has 7 heteroatoms. The lowest BCUT2D eigenvalue weighted by Gasteiger charge is -2.08. The minimum Gasteiger partial charge on any atom is -0.478 e. The van der Waals surface area contributed by atoms with Crippen molar-refractivity contribution in [2.75, 3.05) is 0 Å². The zero-order valence-corrected chi connectivity index (χ0v) is 16.4. The molecule has 0 spiro atoms. The maximum Gasteiger partial charge on any atom is 0.337 e. The monoisotopic (exact) mass is 414 g/mol. The number of carboxylic acids is 1. The number of carboxylic acid groups (broad SMARTS) is 1. The summed E-state index contributed by atoms with van der Waals surface area (Å²) < 4.78 is 1.99. The van der Waals surface area contributed by atoms with E-state index in [1.807, 2.05) is 34.9 Å². The Morgan fingerprint density at radius 3 is 2.70 bits per heavy atom. The number of aromatic carboxylic acids is 1. The van der Waals surface area contributed by atoms with E-state index in [9.17, 15) is 4.79 Å². The molecule has 5 rings (SSSR count). The minimum atomic E-state index is -1.06. The highest BCUT2D eigenvalue weighted by Crippen LogP contribution is 2.26. The Bertz CT molecular complexity index is 1430. The largest absolute Gasteiger partial charge is 0.478 e. The Kier molecular flexibility index (Phi) is 4.41. The highest BCUT2D eigenvalue weighted by Gasteiger charge is 2.12. The SMILES string of the molecule is O=C(O)c1ccc(-c2ccc3ncn(Cc4ccc5ncccc5c4)c3n2)cc1Cl. The summed E-state index contributed by atoms with van der Waals surface area (Å²) in [6.45, 7) is 0.622. The van der Waals surface area contributed by atoms with E-state index in [-0.39, 0.29) is 10.6 Å². The number of imidazole rings is 1. The van der Waals surface area contributed by atoms with Gasteiger partial charge in [0.1, 0.15) is 5.52 Å². The highest BCUT2D eigenvalue weighted by atomic mass is 35.5. The van der Waals surface area contributed by atoms with Crippen molar-refractivity contribution in [1.29, 1.82) is 0 Å². The highest BCUT2D eigenvalue weighted by molar-refractivity contribution is 6.33. The number of carbonyl (C=O) groups is 1. The van der Waals surface area contributed by atoms with Crippen LogP contribution in [0.1, 0.15) is 15.9 Å². The van der Waals surface area contributed by atoms with Crippen molar-refractivity contribution in [3.05, 3.63) is 89.3 Å². The molecule has 0 unspecified atom stereocenters. The van der Waals surface area contributed by atoms with Gasteiger partial charge in [0.25, 0.3) is 0 Å². The summed E-state index contributed by atoms with van der Waals surface area (Å²) in [6, 6.07) is 18.7. The third kappa shape index (κ3) is 3.27. The van der Waals surface area contributed by atoms with E-state index in [0.717, 1.165) is 33.2 Å². The quantitative estimate of drug-likeness (QED) is 0.445. The molecular formula is C23H15ClN4O2. The van der Waals surface area contributed by atoms with Gasteiger partial charge in [0.2, 0.25) is 0 Å². The van der Waals surface area contributed by atoms with Crippen LogP contribution in [-0.2, 0) is 6.54 Å². The summed E-state index contributed by atoms with van der Waals surface area (Å²) in [7, 11) is 0. The lowest BCUT2D eigenvalue weighted by Crippen LogP contribution is -2.00. The van der Waals surface area contributed by atoms with Crippen LogP contribution < -0.4 is 0 Å². The second kappa shape index (κ2) is 7.24. The molecular weight excluding hydrogens is 400 g/mol. The van der Waals surface area contributed by atoms with Crippen molar-refractivity contribution >= 4 is 39.6 Å². The first-order chi connectivity index (χ1) is 14.6. The number of rotatable bonds is 4. The first-order valence-corrected chi connectivity index (χ1v) is 9.65. The van der Waals surface area contributed by atoms with Crippen molar-refractivity contribution in [2.45, 2.75) is 6.54 Å². The molecule has 3 aromatic heterocycles. The van der Waals surface area contributed by atoms with Gasteiger partial charge in [-0.25, -0.2) is 14.8 Å². The standard InChI is InChI=1S/C23H15ClN4O2/c24-18-11-16(4-5-17(18)23(29)30)20-7-8-21-22(27-20)28(13-26-21)12-14-3-6-19-15(10-14)2-1-9-25-19/h1-11,13H,12H2,(H,29,30). The van der Waals surface area contributed by atoms with Crippen LogP contribution in [0.3, 0.4) is 0 Å². The molecule has 2 aromatic carbocycles. The van der Waals surface area contributed by atoms with Crippen LogP contribution in [0.2, 0.25) is 5.02 Å². The fraction of sp³-hybridized carbons (Fsp3) is 0.0435. The second-order valence-electron chi connectivity index (χ2n) is 6.94. The van der Waals surface area contributed by atoms with Gasteiger partial charge in [0.05, 0.1) is 34.7 Å². The van der Waals surface area contributed by atoms with Gasteiger partial charge >= 0.3 is 5.97 Å². The average molecular weight is 415 g/mol. The van der Waals surface area contributed by atoms with Crippen LogP contribution in [0.5, 0.6) is 0 Å². The summed E-state index contributed by atoms with van der Waals surface area (Å²) in [5, 5.41) is 10.4. The number of fused-ring (bicyclic) bond motifs is 2. The first kappa shape index (κ1) is 18.3. The molecule has 1 N–H and O–H groups in total. The molecule has 0 radical (unpaired) electrons. The van der Waals surface area contributed by atoms with Crippen LogP contribution in [0.15, 0.2) is 73.2 Å². The molecule has 0 bridgehead atoms. The first-order valence-electron chi connectivity index (χ1n) is 9.27. The average Bonchev–Trinajstić information content (AvgIpc) is 3.15. The third-order valence-corrected chi connectivity index (χ3v) is 5.29. The fourth-order valence-corrected chi connectivity index (χ4v) is 3.75. The van der Waals surface area contributed by atoms with Crippen molar-refractivity contribution < 1.29 is 9.90 Å². The summed E-state index contributed by atoms with van der Waals surface area (Å²) in [5.41, 5.74) is 5.13. The molecule has 0 aliphatic carbocycles. The van der Waals surface area contributed by atoms with Gasteiger partial charge in [0, 0.05) is 17.1 Å². The molecule has 0 aliphatic rings. The van der Waals surface area contributed by atoms with E-state index in [1.165, 1.54) is 6.07 Å². The van der Waals surface area contributed by atoms with E-state index in [0.29, 0.717) is 12.2 Å². The Hall–Kier alpha value is -3.77. The van der Waals surface area contributed by atoms with E-state index in [4.69, 9.17) is 21.7 Å². The van der Waals surface area contributed by atoms with Gasteiger partial charge in [0.15, 0.2) is 5.65 Å². The second-order valence-corrected chi connectivity index (χ2v) is 7.35. The fourth-order valence-electron chi connectivity index (χ4n) is 3.48. The Morgan fingerprint density at radius 1 is 1.00 bits per heavy atom. The van der Waals surface area contributed by atoms with E-state index >= 15 is 0 Å². The molecule has 5 aromatic rings. The minimum absolute atomic E-state index is 0.0670. The van der Waals surface area contributed by atoms with Crippen molar-refractivity contribution in [3.8, 4) is 11.3 Å². The number of halogens is 1.